The van der Waals surface area contributed by atoms with Crippen molar-refractivity contribution in [2.75, 3.05) is 0 Å². The summed E-state index contributed by atoms with van der Waals surface area (Å²) >= 11 is 11.9. The molecule has 1 nitrogen and oxygen atoms in total. The third kappa shape index (κ3) is 11.6. The van der Waals surface area contributed by atoms with E-state index >= 15 is 0 Å². The molecule has 107 valence electrons. The van der Waals surface area contributed by atoms with Crippen molar-refractivity contribution in [2.24, 2.45) is 0 Å². The zero-order valence-corrected chi connectivity index (χ0v) is 14.3. The first-order valence-electron chi connectivity index (χ1n) is 6.93. The van der Waals surface area contributed by atoms with Crippen molar-refractivity contribution in [3.8, 4) is 0 Å². The molecule has 0 fully saturated rings. The fourth-order valence-electron chi connectivity index (χ4n) is 1.88. The number of hydrogen-bond donors (Lipinski definition) is 0. The van der Waals surface area contributed by atoms with Crippen LogP contribution in [0.3, 0.4) is 0 Å². The Morgan fingerprint density at radius 2 is 1.61 bits per heavy atom. The minimum atomic E-state index is -0.713. The van der Waals surface area contributed by atoms with E-state index in [2.05, 4.69) is 19.7 Å². The van der Waals surface area contributed by atoms with Gasteiger partial charge in [-0.2, -0.15) is 0 Å². The van der Waals surface area contributed by atoms with Crippen LogP contribution >= 0.6 is 23.2 Å². The molecule has 0 aromatic rings. The number of allylic oxidation sites excluding steroid dienone is 1. The van der Waals surface area contributed by atoms with E-state index in [0.29, 0.717) is 0 Å². The molecular formula is C14H27Cl2OSi. The predicted molar refractivity (Wildman–Crippen MR) is 85.0 cm³/mol. The van der Waals surface area contributed by atoms with E-state index in [1.165, 1.54) is 32.1 Å². The SMILES string of the molecule is C=CCCCCCCCCC(O[Si](C)C)C(Cl)Cl. The minimum Gasteiger partial charge on any atom is -0.412 e. The van der Waals surface area contributed by atoms with Crippen LogP contribution in [0.4, 0.5) is 0 Å². The number of hydrogen-bond acceptors (Lipinski definition) is 1. The Hall–Kier alpha value is 0.497. The topological polar surface area (TPSA) is 9.23 Å². The number of unbranched alkanes of at least 4 members (excludes halogenated alkanes) is 6. The largest absolute Gasteiger partial charge is 0.412 e. The van der Waals surface area contributed by atoms with Gasteiger partial charge < -0.3 is 4.43 Å². The Morgan fingerprint density at radius 3 is 2.11 bits per heavy atom. The molecule has 0 heterocycles. The van der Waals surface area contributed by atoms with Gasteiger partial charge in [-0.05, 0) is 32.4 Å². The molecule has 1 atom stereocenters. The quantitative estimate of drug-likeness (QED) is 0.193. The molecule has 0 aliphatic carbocycles. The first-order valence-corrected chi connectivity index (χ1v) is 10.2. The number of halogens is 2. The van der Waals surface area contributed by atoms with Gasteiger partial charge in [0.1, 0.15) is 4.84 Å². The molecule has 0 amide bonds. The molecule has 0 N–H and O–H groups in total. The van der Waals surface area contributed by atoms with Gasteiger partial charge in [-0.3, -0.25) is 0 Å². The van der Waals surface area contributed by atoms with Crippen LogP contribution in [0, 0.1) is 0 Å². The van der Waals surface area contributed by atoms with Gasteiger partial charge in [0.15, 0.2) is 0 Å². The molecule has 0 aliphatic rings. The summed E-state index contributed by atoms with van der Waals surface area (Å²) in [5.41, 5.74) is 0. The van der Waals surface area contributed by atoms with Crippen LogP contribution in [0.25, 0.3) is 0 Å². The van der Waals surface area contributed by atoms with Crippen molar-refractivity contribution in [3.05, 3.63) is 12.7 Å². The Labute approximate surface area is 125 Å². The van der Waals surface area contributed by atoms with E-state index in [1.807, 2.05) is 6.08 Å². The second kappa shape index (κ2) is 12.5. The van der Waals surface area contributed by atoms with E-state index in [9.17, 15) is 0 Å². The molecule has 0 saturated carbocycles. The van der Waals surface area contributed by atoms with Gasteiger partial charge in [-0.15, -0.1) is 29.8 Å². The fraction of sp³-hybridized carbons (Fsp3) is 0.857. The summed E-state index contributed by atoms with van der Waals surface area (Å²) in [5, 5.41) is 0. The van der Waals surface area contributed by atoms with E-state index < -0.39 is 13.9 Å². The maximum Gasteiger partial charge on any atom is 0.205 e. The third-order valence-electron chi connectivity index (χ3n) is 2.82. The first-order chi connectivity index (χ1) is 8.57. The highest BCUT2D eigenvalue weighted by atomic mass is 35.5. The summed E-state index contributed by atoms with van der Waals surface area (Å²) in [4.78, 5) is -0.391. The van der Waals surface area contributed by atoms with Gasteiger partial charge >= 0.3 is 0 Å². The molecule has 1 unspecified atom stereocenters. The van der Waals surface area contributed by atoms with Crippen molar-refractivity contribution in [1.29, 1.82) is 0 Å². The van der Waals surface area contributed by atoms with Gasteiger partial charge in [-0.1, -0.05) is 38.2 Å². The molecular weight excluding hydrogens is 283 g/mol. The normalized spacial score (nSPS) is 13.2. The van der Waals surface area contributed by atoms with Crippen LogP contribution < -0.4 is 0 Å². The molecule has 0 bridgehead atoms. The number of alkyl halides is 2. The summed E-state index contributed by atoms with van der Waals surface area (Å²) in [6.07, 6.45) is 11.8. The first kappa shape index (κ1) is 18.5. The van der Waals surface area contributed by atoms with Crippen LogP contribution in [0.2, 0.25) is 13.1 Å². The molecule has 18 heavy (non-hydrogen) atoms. The monoisotopic (exact) mass is 309 g/mol. The van der Waals surface area contributed by atoms with Crippen LogP contribution in [-0.4, -0.2) is 20.0 Å². The smallest absolute Gasteiger partial charge is 0.205 e. The van der Waals surface area contributed by atoms with Gasteiger partial charge in [0.25, 0.3) is 0 Å². The average molecular weight is 310 g/mol. The van der Waals surface area contributed by atoms with Crippen molar-refractivity contribution in [3.63, 3.8) is 0 Å². The summed E-state index contributed by atoms with van der Waals surface area (Å²) in [7, 11) is -0.713. The van der Waals surface area contributed by atoms with Crippen LogP contribution in [0.1, 0.15) is 51.4 Å². The van der Waals surface area contributed by atoms with E-state index in [0.717, 1.165) is 19.3 Å². The Balaban J connectivity index is 3.46. The summed E-state index contributed by atoms with van der Waals surface area (Å²) in [5.74, 6) is 0. The van der Waals surface area contributed by atoms with Crippen molar-refractivity contribution in [2.45, 2.75) is 75.4 Å². The lowest BCUT2D eigenvalue weighted by molar-refractivity contribution is 0.203. The molecule has 0 saturated heterocycles. The van der Waals surface area contributed by atoms with E-state index in [4.69, 9.17) is 27.6 Å². The van der Waals surface area contributed by atoms with Crippen LogP contribution in [0.5, 0.6) is 0 Å². The maximum absolute atomic E-state index is 5.93. The lowest BCUT2D eigenvalue weighted by Crippen LogP contribution is -2.26. The molecule has 0 spiro atoms. The summed E-state index contributed by atoms with van der Waals surface area (Å²) in [6, 6.07) is 0. The van der Waals surface area contributed by atoms with Crippen LogP contribution in [-0.2, 0) is 4.43 Å². The van der Waals surface area contributed by atoms with E-state index in [1.54, 1.807) is 0 Å². The van der Waals surface area contributed by atoms with Crippen LogP contribution in [0.15, 0.2) is 12.7 Å². The van der Waals surface area contributed by atoms with Crippen molar-refractivity contribution in [1.82, 2.24) is 0 Å². The fourth-order valence-corrected chi connectivity index (χ4v) is 3.27. The lowest BCUT2D eigenvalue weighted by atomic mass is 10.1. The zero-order chi connectivity index (χ0) is 13.8. The third-order valence-corrected chi connectivity index (χ3v) is 4.15. The Morgan fingerprint density at radius 1 is 1.06 bits per heavy atom. The second-order valence-electron chi connectivity index (χ2n) is 4.89. The molecule has 0 aromatic heterocycles. The molecule has 1 radical (unpaired) electrons. The average Bonchev–Trinajstić information content (AvgIpc) is 2.30. The minimum absolute atomic E-state index is 0.0259. The molecule has 0 aliphatic heterocycles. The zero-order valence-electron chi connectivity index (χ0n) is 11.8. The maximum atomic E-state index is 5.93. The lowest BCUT2D eigenvalue weighted by Gasteiger charge is -2.20. The van der Waals surface area contributed by atoms with E-state index in [-0.39, 0.29) is 6.10 Å². The molecule has 0 aromatic carbocycles. The summed E-state index contributed by atoms with van der Waals surface area (Å²) in [6.45, 7) is 7.97. The highest BCUT2D eigenvalue weighted by Gasteiger charge is 2.18. The predicted octanol–water partition coefficient (Wildman–Crippen LogP) is 5.73. The Kier molecular flexibility index (Phi) is 12.9. The van der Waals surface area contributed by atoms with Gasteiger partial charge in [-0.25, -0.2) is 0 Å². The summed E-state index contributed by atoms with van der Waals surface area (Å²) < 4.78 is 5.80. The van der Waals surface area contributed by atoms with Gasteiger partial charge in [0, 0.05) is 0 Å². The highest BCUT2D eigenvalue weighted by Crippen LogP contribution is 2.19. The highest BCUT2D eigenvalue weighted by molar-refractivity contribution is 6.49. The van der Waals surface area contributed by atoms with Crippen molar-refractivity contribution >= 4 is 32.2 Å². The number of rotatable bonds is 12. The van der Waals surface area contributed by atoms with Crippen molar-refractivity contribution < 1.29 is 4.43 Å². The molecule has 4 heteroatoms. The van der Waals surface area contributed by atoms with Gasteiger partial charge in [0.05, 0.1) is 6.10 Å². The molecule has 0 rings (SSSR count). The standard InChI is InChI=1S/C14H27Cl2OSi/c1-4-5-6-7-8-9-10-11-12-13(14(15)16)17-18(2)3/h4,13-14H,1,5-12H2,2-3H3. The van der Waals surface area contributed by atoms with Gasteiger partial charge in [0.2, 0.25) is 9.04 Å². The second-order valence-corrected chi connectivity index (χ2v) is 8.10. The Bertz CT molecular complexity index is 198.